The third kappa shape index (κ3) is 4.96. The normalized spacial score (nSPS) is 21.2. The Labute approximate surface area is 116 Å². The minimum atomic E-state index is -0.809. The standard InChI is InChI=1S/C16H27FO2/c1-15(2,3)12-9-7-11(8-10-12)13(17)14(18)19-16(4,5)6/h12H,7-10H2,1-6H3. The van der Waals surface area contributed by atoms with Gasteiger partial charge in [-0.3, -0.25) is 0 Å². The van der Waals surface area contributed by atoms with E-state index in [4.69, 9.17) is 4.74 Å². The molecule has 1 fully saturated rings. The lowest BCUT2D eigenvalue weighted by atomic mass is 9.71. The summed E-state index contributed by atoms with van der Waals surface area (Å²) in [5.41, 5.74) is 0.251. The van der Waals surface area contributed by atoms with Crippen LogP contribution in [0.3, 0.4) is 0 Å². The molecule has 0 aromatic heterocycles. The summed E-state index contributed by atoms with van der Waals surface area (Å²) < 4.78 is 19.1. The van der Waals surface area contributed by atoms with Crippen molar-refractivity contribution in [2.75, 3.05) is 0 Å². The number of carbonyl (C=O) groups excluding carboxylic acids is 1. The monoisotopic (exact) mass is 270 g/mol. The van der Waals surface area contributed by atoms with Crippen LogP contribution in [-0.2, 0) is 9.53 Å². The Bertz CT molecular complexity index is 359. The summed E-state index contributed by atoms with van der Waals surface area (Å²) in [6, 6.07) is 0. The van der Waals surface area contributed by atoms with Gasteiger partial charge < -0.3 is 4.74 Å². The molecule has 0 spiro atoms. The van der Waals surface area contributed by atoms with Gasteiger partial charge in [-0.2, -0.15) is 4.39 Å². The SMILES string of the molecule is CC(C)(C)OC(=O)C(F)=C1CCC(C(C)(C)C)CC1. The van der Waals surface area contributed by atoms with Crippen LogP contribution >= 0.6 is 0 Å². The van der Waals surface area contributed by atoms with Gasteiger partial charge in [0.25, 0.3) is 0 Å². The molecule has 0 bridgehead atoms. The first-order chi connectivity index (χ1) is 8.50. The van der Waals surface area contributed by atoms with Crippen LogP contribution in [0.2, 0.25) is 0 Å². The van der Waals surface area contributed by atoms with Gasteiger partial charge in [-0.1, -0.05) is 20.8 Å². The second kappa shape index (κ2) is 5.64. The molecule has 1 aliphatic carbocycles. The number of allylic oxidation sites excluding steroid dienone is 1. The molecule has 0 radical (unpaired) electrons. The van der Waals surface area contributed by atoms with E-state index in [0.29, 0.717) is 24.3 Å². The van der Waals surface area contributed by atoms with E-state index in [-0.39, 0.29) is 5.41 Å². The number of hydrogen-bond acceptors (Lipinski definition) is 2. The molecule has 0 unspecified atom stereocenters. The molecule has 1 rings (SSSR count). The summed E-state index contributed by atoms with van der Waals surface area (Å²) in [5.74, 6) is -0.873. The van der Waals surface area contributed by atoms with Crippen molar-refractivity contribution in [2.45, 2.75) is 72.8 Å². The first kappa shape index (κ1) is 16.2. The predicted molar refractivity (Wildman–Crippen MR) is 75.4 cm³/mol. The van der Waals surface area contributed by atoms with Crippen molar-refractivity contribution in [2.24, 2.45) is 11.3 Å². The Balaban J connectivity index is 2.67. The molecule has 0 amide bonds. The highest BCUT2D eigenvalue weighted by Crippen LogP contribution is 2.40. The Hall–Kier alpha value is -0.860. The van der Waals surface area contributed by atoms with Crippen LogP contribution in [-0.4, -0.2) is 11.6 Å². The molecule has 0 aromatic rings. The predicted octanol–water partition coefficient (Wildman–Crippen LogP) is 4.79. The van der Waals surface area contributed by atoms with Gasteiger partial charge >= 0.3 is 5.97 Å². The van der Waals surface area contributed by atoms with Crippen molar-refractivity contribution >= 4 is 5.97 Å². The average Bonchev–Trinajstić information content (AvgIpc) is 2.24. The summed E-state index contributed by atoms with van der Waals surface area (Å²) in [5, 5.41) is 0. The number of halogens is 1. The zero-order chi connectivity index (χ0) is 14.8. The van der Waals surface area contributed by atoms with Gasteiger partial charge in [-0.15, -0.1) is 0 Å². The van der Waals surface area contributed by atoms with E-state index >= 15 is 0 Å². The topological polar surface area (TPSA) is 26.3 Å². The van der Waals surface area contributed by atoms with Crippen LogP contribution in [0, 0.1) is 11.3 Å². The van der Waals surface area contributed by atoms with Crippen molar-refractivity contribution in [1.29, 1.82) is 0 Å². The molecule has 0 aromatic carbocycles. The minimum absolute atomic E-state index is 0.258. The fourth-order valence-corrected chi connectivity index (χ4v) is 2.52. The van der Waals surface area contributed by atoms with Gasteiger partial charge in [0.15, 0.2) is 0 Å². The van der Waals surface area contributed by atoms with E-state index in [1.807, 2.05) is 0 Å². The van der Waals surface area contributed by atoms with E-state index in [1.54, 1.807) is 20.8 Å². The Kier molecular flexibility index (Phi) is 4.81. The molecule has 0 N–H and O–H groups in total. The van der Waals surface area contributed by atoms with E-state index in [9.17, 15) is 9.18 Å². The molecule has 19 heavy (non-hydrogen) atoms. The van der Waals surface area contributed by atoms with Gasteiger partial charge in [0.1, 0.15) is 5.60 Å². The van der Waals surface area contributed by atoms with Gasteiger partial charge in [0.05, 0.1) is 0 Å². The van der Waals surface area contributed by atoms with Crippen molar-refractivity contribution in [3.8, 4) is 0 Å². The summed E-state index contributed by atoms with van der Waals surface area (Å²) >= 11 is 0. The summed E-state index contributed by atoms with van der Waals surface area (Å²) in [7, 11) is 0. The Morgan fingerprint density at radius 1 is 1.11 bits per heavy atom. The first-order valence-electron chi connectivity index (χ1n) is 7.11. The smallest absolute Gasteiger partial charge is 0.367 e. The molecule has 110 valence electrons. The van der Waals surface area contributed by atoms with Gasteiger partial charge in [0, 0.05) is 0 Å². The highest BCUT2D eigenvalue weighted by Gasteiger charge is 2.30. The molecule has 0 heterocycles. The lowest BCUT2D eigenvalue weighted by Crippen LogP contribution is -2.26. The molecular weight excluding hydrogens is 243 g/mol. The largest absolute Gasteiger partial charge is 0.455 e. The molecule has 0 aliphatic heterocycles. The highest BCUT2D eigenvalue weighted by molar-refractivity contribution is 5.87. The van der Waals surface area contributed by atoms with Crippen LogP contribution in [0.4, 0.5) is 4.39 Å². The maximum Gasteiger partial charge on any atom is 0.367 e. The number of rotatable bonds is 1. The second-order valence-corrected chi connectivity index (χ2v) is 7.56. The van der Waals surface area contributed by atoms with Crippen molar-refractivity contribution in [3.63, 3.8) is 0 Å². The maximum atomic E-state index is 14.0. The lowest BCUT2D eigenvalue weighted by Gasteiger charge is -2.34. The van der Waals surface area contributed by atoms with Crippen molar-refractivity contribution < 1.29 is 13.9 Å². The van der Waals surface area contributed by atoms with E-state index in [0.717, 1.165) is 12.8 Å². The highest BCUT2D eigenvalue weighted by atomic mass is 19.1. The average molecular weight is 270 g/mol. The fraction of sp³-hybridized carbons (Fsp3) is 0.812. The van der Waals surface area contributed by atoms with Crippen LogP contribution in [0.1, 0.15) is 67.2 Å². The molecule has 2 nitrogen and oxygen atoms in total. The van der Waals surface area contributed by atoms with E-state index in [2.05, 4.69) is 20.8 Å². The van der Waals surface area contributed by atoms with Crippen LogP contribution in [0.5, 0.6) is 0 Å². The number of hydrogen-bond donors (Lipinski definition) is 0. The summed E-state index contributed by atoms with van der Waals surface area (Å²) in [6.07, 6.45) is 3.25. The fourth-order valence-electron chi connectivity index (χ4n) is 2.52. The lowest BCUT2D eigenvalue weighted by molar-refractivity contribution is -0.151. The van der Waals surface area contributed by atoms with Crippen LogP contribution in [0.25, 0.3) is 0 Å². The van der Waals surface area contributed by atoms with Gasteiger partial charge in [0.2, 0.25) is 5.83 Å². The van der Waals surface area contributed by atoms with E-state index < -0.39 is 17.4 Å². The van der Waals surface area contributed by atoms with Gasteiger partial charge in [-0.05, 0) is 63.4 Å². The molecule has 0 saturated heterocycles. The third-order valence-corrected chi connectivity index (χ3v) is 3.70. The quantitative estimate of drug-likeness (QED) is 0.506. The Morgan fingerprint density at radius 3 is 1.95 bits per heavy atom. The van der Waals surface area contributed by atoms with Crippen LogP contribution in [0.15, 0.2) is 11.4 Å². The molecule has 0 atom stereocenters. The number of carbonyl (C=O) groups is 1. The maximum absolute atomic E-state index is 14.0. The zero-order valence-corrected chi connectivity index (χ0v) is 13.1. The Morgan fingerprint density at radius 2 is 1.58 bits per heavy atom. The summed E-state index contributed by atoms with van der Waals surface area (Å²) in [4.78, 5) is 11.7. The molecule has 1 aliphatic rings. The molecule has 3 heteroatoms. The molecule has 1 saturated carbocycles. The van der Waals surface area contributed by atoms with Crippen LogP contribution < -0.4 is 0 Å². The van der Waals surface area contributed by atoms with Crippen molar-refractivity contribution in [1.82, 2.24) is 0 Å². The van der Waals surface area contributed by atoms with Crippen molar-refractivity contribution in [3.05, 3.63) is 11.4 Å². The third-order valence-electron chi connectivity index (χ3n) is 3.70. The zero-order valence-electron chi connectivity index (χ0n) is 13.1. The number of ether oxygens (including phenoxy) is 1. The number of esters is 1. The minimum Gasteiger partial charge on any atom is -0.455 e. The summed E-state index contributed by atoms with van der Waals surface area (Å²) in [6.45, 7) is 11.9. The van der Waals surface area contributed by atoms with Gasteiger partial charge in [-0.25, -0.2) is 4.79 Å². The molecular formula is C16H27FO2. The first-order valence-corrected chi connectivity index (χ1v) is 7.11. The van der Waals surface area contributed by atoms with E-state index in [1.165, 1.54) is 0 Å². The second-order valence-electron chi connectivity index (χ2n) is 7.56.